The highest BCUT2D eigenvalue weighted by Crippen LogP contribution is 2.18. The SMILES string of the molecule is CN(C(=O)CCCOc1ccc(F)cc1)C1CCS(=O)(=O)CC1. The molecule has 128 valence electrons. The van der Waals surface area contributed by atoms with Gasteiger partial charge in [0.1, 0.15) is 21.4 Å². The molecule has 1 saturated heterocycles. The van der Waals surface area contributed by atoms with Crippen molar-refractivity contribution < 1.29 is 22.3 Å². The number of halogens is 1. The third kappa shape index (κ3) is 5.49. The first-order chi connectivity index (χ1) is 10.9. The lowest BCUT2D eigenvalue weighted by atomic mass is 10.1. The summed E-state index contributed by atoms with van der Waals surface area (Å²) in [5.74, 6) is 0.566. The predicted octanol–water partition coefficient (Wildman–Crippen LogP) is 2.02. The summed E-state index contributed by atoms with van der Waals surface area (Å²) in [4.78, 5) is 13.8. The number of amides is 1. The van der Waals surface area contributed by atoms with Crippen LogP contribution in [0.25, 0.3) is 0 Å². The van der Waals surface area contributed by atoms with Crippen LogP contribution in [-0.4, -0.2) is 50.4 Å². The highest BCUT2D eigenvalue weighted by molar-refractivity contribution is 7.91. The highest BCUT2D eigenvalue weighted by Gasteiger charge is 2.28. The Bertz CT molecular complexity index is 616. The van der Waals surface area contributed by atoms with E-state index in [0.717, 1.165) is 0 Å². The van der Waals surface area contributed by atoms with E-state index in [-0.39, 0.29) is 29.3 Å². The molecule has 1 heterocycles. The van der Waals surface area contributed by atoms with Crippen molar-refractivity contribution in [2.75, 3.05) is 25.2 Å². The van der Waals surface area contributed by atoms with Gasteiger partial charge in [0.05, 0.1) is 18.1 Å². The Morgan fingerprint density at radius 1 is 1.26 bits per heavy atom. The van der Waals surface area contributed by atoms with Crippen molar-refractivity contribution in [3.8, 4) is 5.75 Å². The van der Waals surface area contributed by atoms with Crippen molar-refractivity contribution in [3.63, 3.8) is 0 Å². The van der Waals surface area contributed by atoms with Gasteiger partial charge in [-0.15, -0.1) is 0 Å². The van der Waals surface area contributed by atoms with E-state index in [1.54, 1.807) is 24.1 Å². The summed E-state index contributed by atoms with van der Waals surface area (Å²) < 4.78 is 41.0. The molecule has 0 atom stereocenters. The number of benzene rings is 1. The van der Waals surface area contributed by atoms with Crippen LogP contribution in [-0.2, 0) is 14.6 Å². The topological polar surface area (TPSA) is 63.7 Å². The van der Waals surface area contributed by atoms with Crippen LogP contribution in [0.4, 0.5) is 4.39 Å². The molecule has 5 nitrogen and oxygen atoms in total. The van der Waals surface area contributed by atoms with Gasteiger partial charge in [-0.1, -0.05) is 0 Å². The summed E-state index contributed by atoms with van der Waals surface area (Å²) in [6.07, 6.45) is 1.93. The molecule has 1 aromatic carbocycles. The minimum atomic E-state index is -2.91. The molecule has 1 aromatic rings. The van der Waals surface area contributed by atoms with Gasteiger partial charge in [0.15, 0.2) is 0 Å². The van der Waals surface area contributed by atoms with Crippen LogP contribution in [0.1, 0.15) is 25.7 Å². The summed E-state index contributed by atoms with van der Waals surface area (Å²) in [5.41, 5.74) is 0. The van der Waals surface area contributed by atoms with Crippen molar-refractivity contribution in [1.29, 1.82) is 0 Å². The number of sulfone groups is 1. The zero-order chi connectivity index (χ0) is 16.9. The Labute approximate surface area is 136 Å². The molecule has 0 spiro atoms. The third-order valence-electron chi connectivity index (χ3n) is 4.08. The van der Waals surface area contributed by atoms with E-state index >= 15 is 0 Å². The maximum absolute atomic E-state index is 12.8. The zero-order valence-corrected chi connectivity index (χ0v) is 14.0. The molecule has 0 aromatic heterocycles. The number of carbonyl (C=O) groups is 1. The van der Waals surface area contributed by atoms with Crippen LogP contribution in [0, 0.1) is 5.82 Å². The second-order valence-corrected chi connectivity index (χ2v) is 8.10. The van der Waals surface area contributed by atoms with Gasteiger partial charge in [0.25, 0.3) is 0 Å². The van der Waals surface area contributed by atoms with E-state index in [1.807, 2.05) is 0 Å². The van der Waals surface area contributed by atoms with Gasteiger partial charge in [0.2, 0.25) is 5.91 Å². The fourth-order valence-electron chi connectivity index (χ4n) is 2.59. The molecule has 1 fully saturated rings. The maximum atomic E-state index is 12.8. The largest absolute Gasteiger partial charge is 0.494 e. The molecule has 1 aliphatic rings. The Morgan fingerprint density at radius 3 is 2.48 bits per heavy atom. The average Bonchev–Trinajstić information content (AvgIpc) is 2.52. The molecule has 0 bridgehead atoms. The minimum absolute atomic E-state index is 0.00277. The summed E-state index contributed by atoms with van der Waals surface area (Å²) in [6.45, 7) is 0.379. The van der Waals surface area contributed by atoms with E-state index in [0.29, 0.717) is 38.0 Å². The second-order valence-electron chi connectivity index (χ2n) is 5.79. The van der Waals surface area contributed by atoms with Gasteiger partial charge in [-0.2, -0.15) is 0 Å². The van der Waals surface area contributed by atoms with Gasteiger partial charge >= 0.3 is 0 Å². The molecule has 1 amide bonds. The van der Waals surface area contributed by atoms with Crippen LogP contribution < -0.4 is 4.74 Å². The Kier molecular flexibility index (Phi) is 5.98. The van der Waals surface area contributed by atoms with Crippen molar-refractivity contribution in [1.82, 2.24) is 4.90 Å². The van der Waals surface area contributed by atoms with E-state index in [2.05, 4.69) is 0 Å². The van der Waals surface area contributed by atoms with Gasteiger partial charge in [0, 0.05) is 19.5 Å². The van der Waals surface area contributed by atoms with Gasteiger partial charge < -0.3 is 9.64 Å². The standard InChI is InChI=1S/C16H22FNO4S/c1-18(14-8-11-23(20,21)12-9-14)16(19)3-2-10-22-15-6-4-13(17)5-7-15/h4-7,14H,2-3,8-12H2,1H3. The van der Waals surface area contributed by atoms with E-state index in [1.165, 1.54) is 12.1 Å². The van der Waals surface area contributed by atoms with Crippen molar-refractivity contribution in [2.24, 2.45) is 0 Å². The quantitative estimate of drug-likeness (QED) is 0.742. The molecule has 7 heteroatoms. The zero-order valence-electron chi connectivity index (χ0n) is 13.2. The van der Waals surface area contributed by atoms with Gasteiger partial charge in [-0.3, -0.25) is 4.79 Å². The number of rotatable bonds is 6. The molecule has 1 aliphatic heterocycles. The lowest BCUT2D eigenvalue weighted by Gasteiger charge is -2.31. The number of hydrogen-bond acceptors (Lipinski definition) is 4. The molecule has 0 radical (unpaired) electrons. The number of nitrogens with zero attached hydrogens (tertiary/aromatic N) is 1. The summed E-state index contributed by atoms with van der Waals surface area (Å²) >= 11 is 0. The van der Waals surface area contributed by atoms with Crippen LogP contribution >= 0.6 is 0 Å². The third-order valence-corrected chi connectivity index (χ3v) is 5.80. The fraction of sp³-hybridized carbons (Fsp3) is 0.562. The molecule has 0 N–H and O–H groups in total. The summed E-state index contributed by atoms with van der Waals surface area (Å²) in [7, 11) is -1.19. The van der Waals surface area contributed by atoms with Gasteiger partial charge in [-0.25, -0.2) is 12.8 Å². The molecule has 0 aliphatic carbocycles. The molecular weight excluding hydrogens is 321 g/mol. The van der Waals surface area contributed by atoms with Crippen LogP contribution in [0.15, 0.2) is 24.3 Å². The normalized spacial score (nSPS) is 17.7. The van der Waals surface area contributed by atoms with E-state index in [4.69, 9.17) is 4.74 Å². The summed E-state index contributed by atoms with van der Waals surface area (Å²) in [5, 5.41) is 0. The number of ether oxygens (including phenoxy) is 1. The first-order valence-corrected chi connectivity index (χ1v) is 9.54. The predicted molar refractivity (Wildman–Crippen MR) is 85.6 cm³/mol. The Balaban J connectivity index is 1.69. The van der Waals surface area contributed by atoms with Crippen LogP contribution in [0.3, 0.4) is 0 Å². The maximum Gasteiger partial charge on any atom is 0.222 e. The molecule has 0 saturated carbocycles. The van der Waals surface area contributed by atoms with E-state index in [9.17, 15) is 17.6 Å². The Morgan fingerprint density at radius 2 is 1.87 bits per heavy atom. The lowest BCUT2D eigenvalue weighted by molar-refractivity contribution is -0.132. The van der Waals surface area contributed by atoms with Crippen molar-refractivity contribution in [2.45, 2.75) is 31.7 Å². The monoisotopic (exact) mass is 343 g/mol. The van der Waals surface area contributed by atoms with Crippen LogP contribution in [0.2, 0.25) is 0 Å². The fourth-order valence-corrected chi connectivity index (χ4v) is 4.06. The summed E-state index contributed by atoms with van der Waals surface area (Å²) in [6, 6.07) is 5.75. The Hall–Kier alpha value is -1.63. The second kappa shape index (κ2) is 7.77. The number of carbonyl (C=O) groups excluding carboxylic acids is 1. The molecular formula is C16H22FNO4S. The minimum Gasteiger partial charge on any atom is -0.494 e. The van der Waals surface area contributed by atoms with E-state index < -0.39 is 9.84 Å². The first kappa shape index (κ1) is 17.7. The number of hydrogen-bond donors (Lipinski definition) is 0. The lowest BCUT2D eigenvalue weighted by Crippen LogP contribution is -2.42. The smallest absolute Gasteiger partial charge is 0.222 e. The van der Waals surface area contributed by atoms with Gasteiger partial charge in [-0.05, 0) is 43.5 Å². The molecule has 0 unspecified atom stereocenters. The van der Waals surface area contributed by atoms with Crippen molar-refractivity contribution >= 4 is 15.7 Å². The average molecular weight is 343 g/mol. The highest BCUT2D eigenvalue weighted by atomic mass is 32.2. The first-order valence-electron chi connectivity index (χ1n) is 7.72. The van der Waals surface area contributed by atoms with Crippen molar-refractivity contribution in [3.05, 3.63) is 30.1 Å². The van der Waals surface area contributed by atoms with Crippen LogP contribution in [0.5, 0.6) is 5.75 Å². The molecule has 23 heavy (non-hydrogen) atoms. The molecule has 2 rings (SSSR count).